The number of aromatic nitrogens is 4. The minimum atomic E-state index is -1.37. The highest BCUT2D eigenvalue weighted by molar-refractivity contribution is 7.23. The first-order valence-corrected chi connectivity index (χ1v) is 17.9. The number of aromatic amines is 1. The van der Waals surface area contributed by atoms with Gasteiger partial charge < -0.3 is 19.4 Å². The highest BCUT2D eigenvalue weighted by atomic mass is 32.1. The summed E-state index contributed by atoms with van der Waals surface area (Å²) < 4.78 is 55.5. The van der Waals surface area contributed by atoms with Crippen LogP contribution in [0.3, 0.4) is 0 Å². The number of nitrogens with zero attached hydrogens (tertiary/aromatic N) is 4. The molecule has 9 rings (SSSR count). The number of nitrogens with one attached hydrogen (secondary N) is 2. The zero-order valence-electron chi connectivity index (χ0n) is 28.1. The van der Waals surface area contributed by atoms with Crippen LogP contribution in [0.25, 0.3) is 32.0 Å². The molecule has 3 aliphatic rings. The molecule has 10 nitrogen and oxygen atoms in total. The lowest BCUT2D eigenvalue weighted by molar-refractivity contribution is 0.0776. The summed E-state index contributed by atoms with van der Waals surface area (Å²) in [5, 5.41) is 10.7. The molecule has 0 radical (unpaired) electrons. The Morgan fingerprint density at radius 1 is 1.06 bits per heavy atom. The monoisotopic (exact) mass is 724 g/mol. The number of carbonyl (C=O) groups is 1. The van der Waals surface area contributed by atoms with Crippen LogP contribution in [0.2, 0.25) is 0 Å². The zero-order valence-corrected chi connectivity index (χ0v) is 28.9. The number of ether oxygens (including phenoxy) is 1. The summed E-state index contributed by atoms with van der Waals surface area (Å²) in [5.74, 6) is -1.32. The van der Waals surface area contributed by atoms with Gasteiger partial charge in [0.05, 0.1) is 46.4 Å². The second-order valence-electron chi connectivity index (χ2n) is 13.4. The number of benzene rings is 2. The van der Waals surface area contributed by atoms with Crippen molar-refractivity contribution < 1.29 is 27.1 Å². The highest BCUT2D eigenvalue weighted by Gasteiger charge is 2.45. The van der Waals surface area contributed by atoms with E-state index in [-0.39, 0.29) is 35.8 Å². The molecule has 2 aromatic carbocycles. The molecule has 0 spiro atoms. The Labute approximate surface area is 298 Å². The van der Waals surface area contributed by atoms with Gasteiger partial charge in [0.15, 0.2) is 11.6 Å². The average molecular weight is 725 g/mol. The van der Waals surface area contributed by atoms with Crippen molar-refractivity contribution in [3.63, 3.8) is 0 Å². The zero-order chi connectivity index (χ0) is 35.8. The number of alkyl halides is 1. The number of hydrogen-bond donors (Lipinski definition) is 2. The molecule has 52 heavy (non-hydrogen) atoms. The Balaban J connectivity index is 1.22. The average Bonchev–Trinajstić information content (AvgIpc) is 3.96. The molecule has 4 aromatic heterocycles. The summed E-state index contributed by atoms with van der Waals surface area (Å²) in [7, 11) is 1.37. The summed E-state index contributed by atoms with van der Waals surface area (Å²) in [6.07, 6.45) is 1.14. The van der Waals surface area contributed by atoms with Gasteiger partial charge in [0.25, 0.3) is 11.8 Å². The maximum atomic E-state index is 15.7. The quantitative estimate of drug-likeness (QED) is 0.166. The van der Waals surface area contributed by atoms with E-state index in [4.69, 9.17) is 19.1 Å². The van der Waals surface area contributed by atoms with Gasteiger partial charge in [-0.3, -0.25) is 9.78 Å². The van der Waals surface area contributed by atoms with Crippen LogP contribution in [-0.2, 0) is 19.3 Å². The normalized spacial score (nSPS) is 19.0. The van der Waals surface area contributed by atoms with Crippen LogP contribution < -0.4 is 15.8 Å². The van der Waals surface area contributed by atoms with Crippen LogP contribution in [0, 0.1) is 18.6 Å². The van der Waals surface area contributed by atoms with Crippen LogP contribution in [-0.4, -0.2) is 50.8 Å². The number of hydrogen-bond acceptors (Lipinski definition) is 9. The number of amides is 1. The molecule has 2 N–H and O–H groups in total. The Morgan fingerprint density at radius 3 is 2.65 bits per heavy atom. The number of fused-ring (bicyclic) bond motifs is 5. The summed E-state index contributed by atoms with van der Waals surface area (Å²) in [5.41, 5.74) is 5.30. The molecule has 2 aliphatic heterocycles. The SMILES string of the molecule is COc1c(F)ccc2c1C[C@H](F)[C@@H]2Nc1nc(C)cc2cc(-c3c4c(nc(CCc5ccc(F)cc5)c3-c3n[nH]c(=O)o3)C3CCCN3C4=O)sc12. The van der Waals surface area contributed by atoms with E-state index < -0.39 is 23.8 Å². The minimum Gasteiger partial charge on any atom is -0.493 e. The molecule has 1 unspecified atom stereocenters. The standard InChI is InChI=1S/C38H31F3N6O4S/c1-17-14-19-15-27(52-34(19)35(42-17)44-31-21-10-11-23(40)33(50-2)22(21)16-24(31)41)29-28(36-45-46-38(49)51-36)25(12-7-18-5-8-20(39)9-6-18)43-32-26-4-3-13-47(26)37(48)30(29)32/h5-6,8-11,14-15,24,26,31H,3-4,7,12-13,16H2,1-2H3,(H,42,44)(H,46,49)/t24-,26?,31+/m0/s1. The van der Waals surface area contributed by atoms with Crippen LogP contribution in [0.5, 0.6) is 5.75 Å². The molecule has 1 saturated heterocycles. The van der Waals surface area contributed by atoms with Crippen molar-refractivity contribution in [3.05, 3.63) is 110 Å². The van der Waals surface area contributed by atoms with Crippen molar-refractivity contribution in [2.75, 3.05) is 19.0 Å². The maximum Gasteiger partial charge on any atom is 0.434 e. The minimum absolute atomic E-state index is 0.00149. The molecular formula is C38H31F3N6O4S. The number of carbonyl (C=O) groups excluding carboxylic acids is 1. The Kier molecular flexibility index (Phi) is 7.68. The van der Waals surface area contributed by atoms with E-state index in [2.05, 4.69) is 15.5 Å². The molecule has 1 aliphatic carbocycles. The predicted octanol–water partition coefficient (Wildman–Crippen LogP) is 7.42. The highest BCUT2D eigenvalue weighted by Crippen LogP contribution is 2.51. The van der Waals surface area contributed by atoms with Gasteiger partial charge in [-0.05, 0) is 79.5 Å². The molecule has 0 bridgehead atoms. The molecule has 264 valence electrons. The van der Waals surface area contributed by atoms with E-state index in [0.717, 1.165) is 23.8 Å². The molecule has 3 atom stereocenters. The first-order chi connectivity index (χ1) is 25.2. The molecule has 6 heterocycles. The topological polar surface area (TPSA) is 126 Å². The van der Waals surface area contributed by atoms with Gasteiger partial charge in [-0.1, -0.05) is 18.2 Å². The van der Waals surface area contributed by atoms with Crippen LogP contribution in [0.4, 0.5) is 19.0 Å². The molecule has 1 amide bonds. The van der Waals surface area contributed by atoms with E-state index in [0.29, 0.717) is 79.7 Å². The van der Waals surface area contributed by atoms with Crippen LogP contribution in [0.15, 0.2) is 57.7 Å². The molecule has 1 fully saturated rings. The predicted molar refractivity (Wildman–Crippen MR) is 188 cm³/mol. The van der Waals surface area contributed by atoms with Gasteiger partial charge in [-0.15, -0.1) is 16.4 Å². The van der Waals surface area contributed by atoms with Crippen molar-refractivity contribution >= 4 is 33.1 Å². The summed E-state index contributed by atoms with van der Waals surface area (Å²) in [6.45, 7) is 2.44. The van der Waals surface area contributed by atoms with Gasteiger partial charge in [0, 0.05) is 34.7 Å². The van der Waals surface area contributed by atoms with E-state index in [1.165, 1.54) is 36.6 Å². The third-order valence-electron chi connectivity index (χ3n) is 10.3. The maximum absolute atomic E-state index is 15.7. The van der Waals surface area contributed by atoms with E-state index in [1.807, 2.05) is 24.0 Å². The van der Waals surface area contributed by atoms with Crippen molar-refractivity contribution in [3.8, 4) is 27.6 Å². The Morgan fingerprint density at radius 2 is 1.88 bits per heavy atom. The second-order valence-corrected chi connectivity index (χ2v) is 14.5. The first kappa shape index (κ1) is 32.4. The lowest BCUT2D eigenvalue weighted by Crippen LogP contribution is -2.22. The Bertz CT molecular complexity index is 2480. The number of methoxy groups -OCH3 is 1. The summed E-state index contributed by atoms with van der Waals surface area (Å²) in [4.78, 5) is 39.0. The third-order valence-corrected chi connectivity index (χ3v) is 11.4. The van der Waals surface area contributed by atoms with E-state index in [9.17, 15) is 18.4 Å². The van der Waals surface area contributed by atoms with Crippen LogP contribution in [0.1, 0.15) is 69.1 Å². The van der Waals surface area contributed by atoms with Crippen molar-refractivity contribution in [2.45, 2.75) is 57.3 Å². The number of H-pyrrole nitrogens is 1. The number of rotatable bonds is 8. The number of halogens is 3. The van der Waals surface area contributed by atoms with Crippen LogP contribution >= 0.6 is 11.3 Å². The smallest absolute Gasteiger partial charge is 0.434 e. The van der Waals surface area contributed by atoms with Gasteiger partial charge in [-0.2, -0.15) is 0 Å². The van der Waals surface area contributed by atoms with Gasteiger partial charge in [-0.25, -0.2) is 28.0 Å². The number of pyridine rings is 2. The van der Waals surface area contributed by atoms with Gasteiger partial charge in [0.1, 0.15) is 17.8 Å². The number of aryl methyl sites for hydroxylation is 3. The van der Waals surface area contributed by atoms with Gasteiger partial charge in [0.2, 0.25) is 0 Å². The van der Waals surface area contributed by atoms with Crippen molar-refractivity contribution in [1.82, 2.24) is 25.1 Å². The number of anilines is 1. The fraction of sp³-hybridized carbons (Fsp3) is 0.289. The lowest BCUT2D eigenvalue weighted by Gasteiger charge is -2.18. The third kappa shape index (κ3) is 5.18. The lowest BCUT2D eigenvalue weighted by atomic mass is 9.93. The summed E-state index contributed by atoms with van der Waals surface area (Å²) in [6, 6.07) is 12.0. The van der Waals surface area contributed by atoms with E-state index >= 15 is 4.39 Å². The molecule has 0 saturated carbocycles. The fourth-order valence-corrected chi connectivity index (χ4v) is 9.17. The van der Waals surface area contributed by atoms with Crippen molar-refractivity contribution in [1.29, 1.82) is 0 Å². The summed E-state index contributed by atoms with van der Waals surface area (Å²) >= 11 is 1.37. The van der Waals surface area contributed by atoms with Crippen molar-refractivity contribution in [2.24, 2.45) is 0 Å². The molecule has 14 heteroatoms. The number of thiophene rings is 1. The molecular weight excluding hydrogens is 694 g/mol. The second kappa shape index (κ2) is 12.3. The fourth-order valence-electron chi connectivity index (χ4n) is 8.02. The largest absolute Gasteiger partial charge is 0.493 e. The van der Waals surface area contributed by atoms with E-state index in [1.54, 1.807) is 18.2 Å². The molecule has 6 aromatic rings. The first-order valence-electron chi connectivity index (χ1n) is 17.0. The van der Waals surface area contributed by atoms with Gasteiger partial charge >= 0.3 is 5.76 Å². The Hall–Kier alpha value is -5.50.